The number of aryl methyl sites for hydroxylation is 1. The highest BCUT2D eigenvalue weighted by Gasteiger charge is 2.16. The average molecular weight is 288 g/mol. The third kappa shape index (κ3) is 2.20. The van der Waals surface area contributed by atoms with Gasteiger partial charge in [0.2, 0.25) is 0 Å². The minimum atomic E-state index is -0.404. The lowest BCUT2D eigenvalue weighted by Gasteiger charge is -2.06. The van der Waals surface area contributed by atoms with Gasteiger partial charge in [0.15, 0.2) is 5.65 Å². The normalized spacial score (nSPS) is 11.3. The van der Waals surface area contributed by atoms with Crippen LogP contribution in [0.5, 0.6) is 0 Å². The zero-order chi connectivity index (χ0) is 15.0. The Morgan fingerprint density at radius 2 is 2.19 bits per heavy atom. The molecule has 1 N–H and O–H groups in total. The second kappa shape index (κ2) is 5.08. The lowest BCUT2D eigenvalue weighted by atomic mass is 10.3. The molecule has 0 saturated heterocycles. The monoisotopic (exact) mass is 288 g/mol. The topological polar surface area (TPSA) is 85.8 Å². The number of nitrogens with one attached hydrogen (secondary N) is 1. The summed E-state index contributed by atoms with van der Waals surface area (Å²) in [5.74, 6) is 1.35. The van der Waals surface area contributed by atoms with Crippen molar-refractivity contribution < 1.29 is 4.42 Å². The van der Waals surface area contributed by atoms with E-state index in [2.05, 4.69) is 9.97 Å². The molecular formula is C14H16N4O3. The molecule has 7 nitrogen and oxygen atoms in total. The van der Waals surface area contributed by atoms with E-state index in [4.69, 9.17) is 4.42 Å². The van der Waals surface area contributed by atoms with Crippen LogP contribution in [0, 0.1) is 0 Å². The average Bonchev–Trinajstić information content (AvgIpc) is 3.11. The van der Waals surface area contributed by atoms with Crippen LogP contribution in [0.1, 0.15) is 24.9 Å². The van der Waals surface area contributed by atoms with Gasteiger partial charge in [-0.15, -0.1) is 0 Å². The fourth-order valence-electron chi connectivity index (χ4n) is 2.34. The number of imidazole rings is 1. The zero-order valence-electron chi connectivity index (χ0n) is 11.9. The van der Waals surface area contributed by atoms with Gasteiger partial charge in [-0.2, -0.15) is 0 Å². The number of aromatic amines is 1. The summed E-state index contributed by atoms with van der Waals surface area (Å²) in [6, 6.07) is 3.54. The van der Waals surface area contributed by atoms with Gasteiger partial charge in [0.1, 0.15) is 17.1 Å². The number of hydrogen-bond acceptors (Lipinski definition) is 4. The Kier molecular flexibility index (Phi) is 3.25. The molecule has 0 unspecified atom stereocenters. The quantitative estimate of drug-likeness (QED) is 0.776. The summed E-state index contributed by atoms with van der Waals surface area (Å²) in [7, 11) is 1.46. The Morgan fingerprint density at radius 3 is 2.86 bits per heavy atom. The SMILES string of the molecule is CCCc1nc2c([nH]1)c(=O)n(C)c(=O)n2Cc1ccco1. The molecule has 0 aromatic carbocycles. The highest BCUT2D eigenvalue weighted by molar-refractivity contribution is 5.69. The van der Waals surface area contributed by atoms with Gasteiger partial charge < -0.3 is 9.40 Å². The van der Waals surface area contributed by atoms with E-state index >= 15 is 0 Å². The lowest BCUT2D eigenvalue weighted by Crippen LogP contribution is -2.38. The van der Waals surface area contributed by atoms with Crippen molar-refractivity contribution >= 4 is 11.2 Å². The summed E-state index contributed by atoms with van der Waals surface area (Å²) in [4.78, 5) is 31.9. The molecule has 3 aromatic heterocycles. The maximum Gasteiger partial charge on any atom is 0.332 e. The number of furan rings is 1. The highest BCUT2D eigenvalue weighted by Crippen LogP contribution is 2.10. The van der Waals surface area contributed by atoms with Crippen LogP contribution in [0.3, 0.4) is 0 Å². The van der Waals surface area contributed by atoms with Gasteiger partial charge >= 0.3 is 5.69 Å². The van der Waals surface area contributed by atoms with Gasteiger partial charge in [0, 0.05) is 13.5 Å². The van der Waals surface area contributed by atoms with Gasteiger partial charge in [0.25, 0.3) is 5.56 Å². The number of aromatic nitrogens is 4. The van der Waals surface area contributed by atoms with Gasteiger partial charge in [-0.05, 0) is 18.6 Å². The first-order valence-electron chi connectivity index (χ1n) is 6.82. The predicted octanol–water partition coefficient (Wildman–Crippen LogP) is 1.02. The Hall–Kier alpha value is -2.57. The van der Waals surface area contributed by atoms with Crippen LogP contribution < -0.4 is 11.2 Å². The molecule has 3 rings (SSSR count). The van der Waals surface area contributed by atoms with Gasteiger partial charge in [-0.25, -0.2) is 9.78 Å². The minimum Gasteiger partial charge on any atom is -0.467 e. The molecular weight excluding hydrogens is 272 g/mol. The third-order valence-corrected chi connectivity index (χ3v) is 3.41. The van der Waals surface area contributed by atoms with Crippen molar-refractivity contribution in [3.63, 3.8) is 0 Å². The molecule has 0 fully saturated rings. The molecule has 0 amide bonds. The molecule has 7 heteroatoms. The largest absolute Gasteiger partial charge is 0.467 e. The van der Waals surface area contributed by atoms with Crippen LogP contribution in [-0.2, 0) is 20.0 Å². The Bertz CT molecular complexity index is 883. The Balaban J connectivity index is 2.26. The van der Waals surface area contributed by atoms with E-state index in [1.807, 2.05) is 6.92 Å². The van der Waals surface area contributed by atoms with Gasteiger partial charge in [-0.1, -0.05) is 6.92 Å². The first-order valence-corrected chi connectivity index (χ1v) is 6.82. The molecule has 0 atom stereocenters. The minimum absolute atomic E-state index is 0.243. The molecule has 0 aliphatic carbocycles. The fraction of sp³-hybridized carbons (Fsp3) is 0.357. The summed E-state index contributed by atoms with van der Waals surface area (Å²) in [6.07, 6.45) is 3.18. The van der Waals surface area contributed by atoms with Crippen LogP contribution >= 0.6 is 0 Å². The fourth-order valence-corrected chi connectivity index (χ4v) is 2.34. The van der Waals surface area contributed by atoms with Crippen molar-refractivity contribution in [2.45, 2.75) is 26.3 Å². The second-order valence-corrected chi connectivity index (χ2v) is 4.94. The molecule has 21 heavy (non-hydrogen) atoms. The van der Waals surface area contributed by atoms with Crippen LogP contribution in [0.15, 0.2) is 32.4 Å². The maximum atomic E-state index is 12.3. The summed E-state index contributed by atoms with van der Waals surface area (Å²) >= 11 is 0. The molecule has 0 aliphatic heterocycles. The standard InChI is InChI=1S/C14H16N4O3/c1-3-5-10-15-11-12(16-10)18(8-9-6-4-7-21-9)14(20)17(2)13(11)19/h4,6-7H,3,5,8H2,1-2H3,(H,15,16). The summed E-state index contributed by atoms with van der Waals surface area (Å²) in [5.41, 5.74) is -0.0333. The van der Waals surface area contributed by atoms with E-state index in [1.165, 1.54) is 11.6 Å². The number of hydrogen-bond donors (Lipinski definition) is 1. The predicted molar refractivity (Wildman–Crippen MR) is 77.4 cm³/mol. The van der Waals surface area contributed by atoms with Crippen molar-refractivity contribution in [2.75, 3.05) is 0 Å². The zero-order valence-corrected chi connectivity index (χ0v) is 11.9. The van der Waals surface area contributed by atoms with E-state index in [9.17, 15) is 9.59 Å². The van der Waals surface area contributed by atoms with Crippen LogP contribution in [0.4, 0.5) is 0 Å². The van der Waals surface area contributed by atoms with Crippen molar-refractivity contribution in [1.82, 2.24) is 19.1 Å². The van der Waals surface area contributed by atoms with Crippen molar-refractivity contribution in [3.05, 3.63) is 50.8 Å². The van der Waals surface area contributed by atoms with E-state index < -0.39 is 5.69 Å². The van der Waals surface area contributed by atoms with Crippen LogP contribution in [-0.4, -0.2) is 19.1 Å². The lowest BCUT2D eigenvalue weighted by molar-refractivity contribution is 0.486. The van der Waals surface area contributed by atoms with Gasteiger partial charge in [-0.3, -0.25) is 13.9 Å². The molecule has 110 valence electrons. The van der Waals surface area contributed by atoms with Crippen molar-refractivity contribution in [3.8, 4) is 0 Å². The van der Waals surface area contributed by atoms with E-state index in [1.54, 1.807) is 18.4 Å². The number of rotatable bonds is 4. The van der Waals surface area contributed by atoms with Crippen LogP contribution in [0.2, 0.25) is 0 Å². The summed E-state index contributed by atoms with van der Waals surface area (Å²) < 4.78 is 7.81. The van der Waals surface area contributed by atoms with E-state index in [-0.39, 0.29) is 12.1 Å². The van der Waals surface area contributed by atoms with Crippen molar-refractivity contribution in [2.24, 2.45) is 7.05 Å². The molecule has 0 bridgehead atoms. The smallest absolute Gasteiger partial charge is 0.332 e. The number of nitrogens with zero attached hydrogens (tertiary/aromatic N) is 3. The third-order valence-electron chi connectivity index (χ3n) is 3.41. The number of fused-ring (bicyclic) bond motifs is 1. The van der Waals surface area contributed by atoms with E-state index in [0.717, 1.165) is 17.4 Å². The first kappa shape index (κ1) is 13.4. The van der Waals surface area contributed by atoms with E-state index in [0.29, 0.717) is 22.7 Å². The molecule has 3 heterocycles. The molecule has 0 radical (unpaired) electrons. The molecule has 0 spiro atoms. The number of H-pyrrole nitrogens is 1. The van der Waals surface area contributed by atoms with Crippen molar-refractivity contribution in [1.29, 1.82) is 0 Å². The maximum absolute atomic E-state index is 12.3. The first-order chi connectivity index (χ1) is 10.1. The van der Waals surface area contributed by atoms with Gasteiger partial charge in [0.05, 0.1) is 12.8 Å². The summed E-state index contributed by atoms with van der Waals surface area (Å²) in [5, 5.41) is 0. The summed E-state index contributed by atoms with van der Waals surface area (Å²) in [6.45, 7) is 2.27. The van der Waals surface area contributed by atoms with Crippen LogP contribution in [0.25, 0.3) is 11.2 Å². The Labute approximate surface area is 119 Å². The second-order valence-electron chi connectivity index (χ2n) is 4.94. The molecule has 0 aliphatic rings. The Morgan fingerprint density at radius 1 is 1.38 bits per heavy atom. The molecule has 0 saturated carbocycles. The molecule has 3 aromatic rings. The highest BCUT2D eigenvalue weighted by atomic mass is 16.3.